The molecule has 1 heterocycles. The van der Waals surface area contributed by atoms with Crippen molar-refractivity contribution >= 4 is 5.78 Å². The Bertz CT molecular complexity index is 465. The van der Waals surface area contributed by atoms with Crippen molar-refractivity contribution in [1.82, 2.24) is 0 Å². The third-order valence-electron chi connectivity index (χ3n) is 4.98. The van der Waals surface area contributed by atoms with Crippen LogP contribution >= 0.6 is 0 Å². The molecule has 0 aromatic heterocycles. The Morgan fingerprint density at radius 3 is 2.18 bits per heavy atom. The van der Waals surface area contributed by atoms with Crippen molar-refractivity contribution < 1.29 is 35.1 Å². The number of aliphatic hydroxyl groups excluding tert-OH is 5. The molecule has 2 fully saturated rings. The van der Waals surface area contributed by atoms with Gasteiger partial charge in [-0.25, -0.2) is 0 Å². The molecule has 0 bridgehead atoms. The molecule has 0 aromatic rings. The van der Waals surface area contributed by atoms with E-state index in [-0.39, 0.29) is 37.4 Å². The van der Waals surface area contributed by atoms with E-state index < -0.39 is 42.5 Å². The lowest BCUT2D eigenvalue weighted by molar-refractivity contribution is -0.145. The lowest BCUT2D eigenvalue weighted by Gasteiger charge is -2.42. The molecule has 1 aliphatic heterocycles. The Morgan fingerprint density at radius 1 is 0.909 bits per heavy atom. The minimum absolute atomic E-state index is 0.159. The molecule has 5 N–H and O–H groups in total. The van der Waals surface area contributed by atoms with Crippen molar-refractivity contribution in [2.45, 2.75) is 62.3 Å². The Balaban J connectivity index is 1.78. The van der Waals surface area contributed by atoms with Crippen LogP contribution in [0.5, 0.6) is 0 Å². The number of carbonyl (C=O) groups is 1. The van der Waals surface area contributed by atoms with Crippen LogP contribution < -0.4 is 0 Å². The number of ether oxygens (including phenoxy) is 1. The van der Waals surface area contributed by atoms with Crippen molar-refractivity contribution in [1.29, 1.82) is 0 Å². The Morgan fingerprint density at radius 2 is 1.55 bits per heavy atom. The number of carbonyl (C=O) groups excluding carboxylic acids is 1. The van der Waals surface area contributed by atoms with E-state index in [4.69, 9.17) is 4.74 Å². The highest BCUT2D eigenvalue weighted by Gasteiger charge is 2.46. The van der Waals surface area contributed by atoms with E-state index in [0.29, 0.717) is 5.76 Å². The number of ketones is 1. The van der Waals surface area contributed by atoms with Gasteiger partial charge in [0.15, 0.2) is 5.78 Å². The van der Waals surface area contributed by atoms with Gasteiger partial charge in [0.25, 0.3) is 0 Å². The second-order valence-corrected chi connectivity index (χ2v) is 6.62. The van der Waals surface area contributed by atoms with Gasteiger partial charge in [0, 0.05) is 24.8 Å². The molecule has 22 heavy (non-hydrogen) atoms. The first-order chi connectivity index (χ1) is 10.4. The second kappa shape index (κ2) is 5.90. The fourth-order valence-corrected chi connectivity index (χ4v) is 3.78. The van der Waals surface area contributed by atoms with Crippen LogP contribution in [0.25, 0.3) is 0 Å². The Labute approximate surface area is 127 Å². The maximum atomic E-state index is 12.3. The molecule has 124 valence electrons. The molecule has 0 amide bonds. The van der Waals surface area contributed by atoms with Crippen molar-refractivity contribution in [3.05, 3.63) is 11.8 Å². The first-order valence-electron chi connectivity index (χ1n) is 7.69. The number of rotatable bonds is 1. The van der Waals surface area contributed by atoms with Gasteiger partial charge >= 0.3 is 0 Å². The summed E-state index contributed by atoms with van der Waals surface area (Å²) in [6.07, 6.45) is -3.44. The molecular formula is C15H22O7. The first kappa shape index (κ1) is 15.9. The van der Waals surface area contributed by atoms with E-state index in [1.807, 2.05) is 0 Å². The SMILES string of the molecule is O=C1C=C(C2CC(O)C(O)C(O)C2)OC2CC(O)CC(O)C12. The number of aliphatic hydroxyl groups is 5. The van der Waals surface area contributed by atoms with Gasteiger partial charge in [-0.2, -0.15) is 0 Å². The van der Waals surface area contributed by atoms with Gasteiger partial charge in [0.05, 0.1) is 30.3 Å². The van der Waals surface area contributed by atoms with Crippen molar-refractivity contribution in [3.63, 3.8) is 0 Å². The van der Waals surface area contributed by atoms with E-state index in [1.165, 1.54) is 6.08 Å². The third kappa shape index (κ3) is 2.79. The van der Waals surface area contributed by atoms with Gasteiger partial charge in [0.1, 0.15) is 18.0 Å². The zero-order chi connectivity index (χ0) is 16.0. The van der Waals surface area contributed by atoms with Crippen molar-refractivity contribution in [3.8, 4) is 0 Å². The van der Waals surface area contributed by atoms with Gasteiger partial charge in [-0.05, 0) is 12.8 Å². The number of hydrogen-bond acceptors (Lipinski definition) is 7. The van der Waals surface area contributed by atoms with Crippen LogP contribution in [0.15, 0.2) is 11.8 Å². The number of hydrogen-bond donors (Lipinski definition) is 5. The highest BCUT2D eigenvalue weighted by Crippen LogP contribution is 2.39. The fourth-order valence-electron chi connectivity index (χ4n) is 3.78. The predicted octanol–water partition coefficient (Wildman–Crippen LogP) is -1.54. The van der Waals surface area contributed by atoms with Crippen LogP contribution in [0, 0.1) is 11.8 Å². The summed E-state index contributed by atoms with van der Waals surface area (Å²) in [4.78, 5) is 12.3. The fraction of sp³-hybridized carbons (Fsp3) is 0.800. The molecule has 3 rings (SSSR count). The molecular weight excluding hydrogens is 292 g/mol. The van der Waals surface area contributed by atoms with Gasteiger partial charge < -0.3 is 30.3 Å². The lowest BCUT2D eigenvalue weighted by Crippen LogP contribution is -2.50. The summed E-state index contributed by atoms with van der Waals surface area (Å²) in [5, 5.41) is 48.8. The summed E-state index contributed by atoms with van der Waals surface area (Å²) < 4.78 is 5.79. The predicted molar refractivity (Wildman–Crippen MR) is 73.4 cm³/mol. The van der Waals surface area contributed by atoms with E-state index in [0.717, 1.165) is 0 Å². The molecule has 2 aliphatic carbocycles. The molecule has 0 saturated heterocycles. The summed E-state index contributed by atoms with van der Waals surface area (Å²) in [6, 6.07) is 0. The highest BCUT2D eigenvalue weighted by atomic mass is 16.5. The van der Waals surface area contributed by atoms with E-state index >= 15 is 0 Å². The highest BCUT2D eigenvalue weighted by molar-refractivity contribution is 5.94. The second-order valence-electron chi connectivity index (χ2n) is 6.62. The minimum atomic E-state index is -1.19. The quantitative estimate of drug-likeness (QED) is 0.397. The smallest absolute Gasteiger partial charge is 0.168 e. The van der Waals surface area contributed by atoms with Gasteiger partial charge in [-0.15, -0.1) is 0 Å². The molecule has 6 unspecified atom stereocenters. The maximum Gasteiger partial charge on any atom is 0.168 e. The van der Waals surface area contributed by atoms with E-state index in [2.05, 4.69) is 0 Å². The summed E-state index contributed by atoms with van der Waals surface area (Å²) in [6.45, 7) is 0. The van der Waals surface area contributed by atoms with Gasteiger partial charge in [-0.1, -0.05) is 0 Å². The number of allylic oxidation sites excluding steroid dienone is 2. The normalized spacial score (nSPS) is 49.1. The molecule has 2 saturated carbocycles. The van der Waals surface area contributed by atoms with Gasteiger partial charge in [0.2, 0.25) is 0 Å². The Kier molecular flexibility index (Phi) is 4.26. The topological polar surface area (TPSA) is 127 Å². The molecule has 0 spiro atoms. The van der Waals surface area contributed by atoms with E-state index in [1.54, 1.807) is 0 Å². The lowest BCUT2D eigenvalue weighted by atomic mass is 9.76. The van der Waals surface area contributed by atoms with Crippen LogP contribution in [-0.2, 0) is 9.53 Å². The van der Waals surface area contributed by atoms with Crippen LogP contribution in [0.4, 0.5) is 0 Å². The number of fused-ring (bicyclic) bond motifs is 1. The zero-order valence-corrected chi connectivity index (χ0v) is 12.1. The molecule has 3 aliphatic rings. The summed E-state index contributed by atoms with van der Waals surface area (Å²) >= 11 is 0. The van der Waals surface area contributed by atoms with Crippen LogP contribution in [0.3, 0.4) is 0 Å². The van der Waals surface area contributed by atoms with E-state index in [9.17, 15) is 30.3 Å². The zero-order valence-electron chi connectivity index (χ0n) is 12.1. The molecule has 6 atom stereocenters. The van der Waals surface area contributed by atoms with Gasteiger partial charge in [-0.3, -0.25) is 4.79 Å². The average molecular weight is 314 g/mol. The van der Waals surface area contributed by atoms with Crippen molar-refractivity contribution in [2.75, 3.05) is 0 Å². The molecule has 7 nitrogen and oxygen atoms in total. The first-order valence-corrected chi connectivity index (χ1v) is 7.69. The Hall–Kier alpha value is -0.990. The standard InChI is InChI=1S/C15H22O7/c16-7-3-8(17)14-9(18)5-12(22-13(14)4-7)6-1-10(19)15(21)11(20)2-6/h5-8,10-11,13-17,19-21H,1-4H2. The molecule has 0 radical (unpaired) electrons. The molecule has 7 heteroatoms. The monoisotopic (exact) mass is 314 g/mol. The maximum absolute atomic E-state index is 12.3. The average Bonchev–Trinajstić information content (AvgIpc) is 2.42. The van der Waals surface area contributed by atoms with Crippen molar-refractivity contribution in [2.24, 2.45) is 11.8 Å². The summed E-state index contributed by atoms with van der Waals surface area (Å²) in [5.74, 6) is -0.927. The third-order valence-corrected chi connectivity index (χ3v) is 4.98. The molecule has 0 aromatic carbocycles. The van der Waals surface area contributed by atoms with Crippen LogP contribution in [0.1, 0.15) is 25.7 Å². The minimum Gasteiger partial charge on any atom is -0.493 e. The van der Waals surface area contributed by atoms with Crippen LogP contribution in [0.2, 0.25) is 0 Å². The van der Waals surface area contributed by atoms with Crippen LogP contribution in [-0.4, -0.2) is 67.9 Å². The summed E-state index contributed by atoms with van der Waals surface area (Å²) in [7, 11) is 0. The summed E-state index contributed by atoms with van der Waals surface area (Å²) in [5.41, 5.74) is 0. The largest absolute Gasteiger partial charge is 0.493 e.